The standard InChI is InChI=1S/2C12H11N3O/c2*1-9-3-2-4-10(7-9)15-12(16)11-8-13-5-6-14-11/h2*2-8H,1H3,(H,15,16). The highest BCUT2D eigenvalue weighted by atomic mass is 16.2. The Kier molecular flexibility index (Phi) is 7.69. The van der Waals surface area contributed by atoms with Crippen molar-refractivity contribution in [3.63, 3.8) is 0 Å². The van der Waals surface area contributed by atoms with E-state index in [-0.39, 0.29) is 11.8 Å². The number of carbonyl (C=O) groups is 2. The minimum absolute atomic E-state index is 0.251. The van der Waals surface area contributed by atoms with Crippen molar-refractivity contribution in [2.75, 3.05) is 10.6 Å². The maximum absolute atomic E-state index is 11.7. The number of aryl methyl sites for hydroxylation is 2. The summed E-state index contributed by atoms with van der Waals surface area (Å²) in [6.45, 7) is 3.94. The third-order valence-corrected chi connectivity index (χ3v) is 4.14. The molecule has 0 aliphatic rings. The van der Waals surface area contributed by atoms with E-state index >= 15 is 0 Å². The van der Waals surface area contributed by atoms with Gasteiger partial charge in [-0.15, -0.1) is 0 Å². The summed E-state index contributed by atoms with van der Waals surface area (Å²) < 4.78 is 0. The maximum atomic E-state index is 11.7. The van der Waals surface area contributed by atoms with Crippen LogP contribution in [0.25, 0.3) is 0 Å². The summed E-state index contributed by atoms with van der Waals surface area (Å²) in [6.07, 6.45) is 8.92. The summed E-state index contributed by atoms with van der Waals surface area (Å²) in [5.74, 6) is -0.502. The van der Waals surface area contributed by atoms with Crippen molar-refractivity contribution >= 4 is 23.2 Å². The molecule has 8 nitrogen and oxygen atoms in total. The Hall–Kier alpha value is -4.46. The average Bonchev–Trinajstić information content (AvgIpc) is 2.81. The van der Waals surface area contributed by atoms with Crippen LogP contribution in [0.15, 0.2) is 85.7 Å². The van der Waals surface area contributed by atoms with Crippen molar-refractivity contribution in [2.45, 2.75) is 13.8 Å². The summed E-state index contributed by atoms with van der Waals surface area (Å²) in [7, 11) is 0. The third-order valence-electron chi connectivity index (χ3n) is 4.14. The molecule has 32 heavy (non-hydrogen) atoms. The Morgan fingerprint density at radius 3 is 1.44 bits per heavy atom. The van der Waals surface area contributed by atoms with Crippen molar-refractivity contribution in [1.29, 1.82) is 0 Å². The molecule has 0 spiro atoms. The van der Waals surface area contributed by atoms with E-state index in [0.29, 0.717) is 11.4 Å². The molecule has 2 heterocycles. The van der Waals surface area contributed by atoms with Crippen molar-refractivity contribution in [2.24, 2.45) is 0 Å². The molecule has 2 amide bonds. The second-order valence-corrected chi connectivity index (χ2v) is 6.83. The molecule has 160 valence electrons. The molecule has 0 saturated heterocycles. The Bertz CT molecular complexity index is 1090. The predicted octanol–water partition coefficient (Wildman–Crippen LogP) is 4.07. The van der Waals surface area contributed by atoms with E-state index in [1.165, 1.54) is 37.2 Å². The lowest BCUT2D eigenvalue weighted by Crippen LogP contribution is -2.13. The van der Waals surface area contributed by atoms with Gasteiger partial charge in [0.2, 0.25) is 0 Å². The van der Waals surface area contributed by atoms with E-state index in [2.05, 4.69) is 30.6 Å². The molecule has 0 aliphatic heterocycles. The van der Waals surface area contributed by atoms with Gasteiger partial charge in [-0.2, -0.15) is 0 Å². The zero-order valence-corrected chi connectivity index (χ0v) is 17.7. The highest BCUT2D eigenvalue weighted by Gasteiger charge is 2.07. The Morgan fingerprint density at radius 1 is 0.656 bits per heavy atom. The molecule has 0 aliphatic carbocycles. The van der Waals surface area contributed by atoms with Gasteiger partial charge >= 0.3 is 0 Å². The van der Waals surface area contributed by atoms with Crippen LogP contribution in [0.4, 0.5) is 11.4 Å². The van der Waals surface area contributed by atoms with Crippen molar-refractivity contribution < 1.29 is 9.59 Å². The normalized spacial score (nSPS) is 9.81. The summed E-state index contributed by atoms with van der Waals surface area (Å²) in [6, 6.07) is 15.2. The average molecular weight is 426 g/mol. The monoisotopic (exact) mass is 426 g/mol. The fourth-order valence-corrected chi connectivity index (χ4v) is 2.67. The van der Waals surface area contributed by atoms with E-state index in [1.54, 1.807) is 0 Å². The van der Waals surface area contributed by atoms with Gasteiger partial charge in [0.1, 0.15) is 11.4 Å². The molecular formula is C24H22N6O2. The van der Waals surface area contributed by atoms with Gasteiger partial charge in [0, 0.05) is 36.2 Å². The predicted molar refractivity (Wildman–Crippen MR) is 122 cm³/mol. The van der Waals surface area contributed by atoms with Gasteiger partial charge in [0.05, 0.1) is 12.4 Å². The Balaban J connectivity index is 0.000000181. The summed E-state index contributed by atoms with van der Waals surface area (Å²) >= 11 is 0. The van der Waals surface area contributed by atoms with Gasteiger partial charge in [-0.1, -0.05) is 24.3 Å². The fourth-order valence-electron chi connectivity index (χ4n) is 2.67. The molecular weight excluding hydrogens is 404 g/mol. The Morgan fingerprint density at radius 2 is 1.09 bits per heavy atom. The zero-order chi connectivity index (χ0) is 22.8. The van der Waals surface area contributed by atoms with Crippen molar-refractivity contribution in [1.82, 2.24) is 19.9 Å². The first-order chi connectivity index (χ1) is 15.5. The molecule has 4 rings (SSSR count). The van der Waals surface area contributed by atoms with E-state index in [4.69, 9.17) is 0 Å². The van der Waals surface area contributed by atoms with E-state index in [0.717, 1.165) is 22.5 Å². The second-order valence-electron chi connectivity index (χ2n) is 6.83. The lowest BCUT2D eigenvalue weighted by molar-refractivity contribution is 0.101. The molecule has 0 saturated carbocycles. The summed E-state index contributed by atoms with van der Waals surface area (Å²) in [5.41, 5.74) is 4.33. The van der Waals surface area contributed by atoms with Gasteiger partial charge in [-0.25, -0.2) is 9.97 Å². The third kappa shape index (κ3) is 6.81. The van der Waals surface area contributed by atoms with E-state index in [1.807, 2.05) is 62.4 Å². The van der Waals surface area contributed by atoms with Gasteiger partial charge in [0.25, 0.3) is 11.8 Å². The number of hydrogen-bond donors (Lipinski definition) is 2. The molecule has 0 radical (unpaired) electrons. The molecule has 8 heteroatoms. The summed E-state index contributed by atoms with van der Waals surface area (Å²) in [4.78, 5) is 39.0. The van der Waals surface area contributed by atoms with Crippen LogP contribution in [0.2, 0.25) is 0 Å². The first kappa shape index (κ1) is 22.2. The molecule has 0 bridgehead atoms. The quantitative estimate of drug-likeness (QED) is 0.509. The topological polar surface area (TPSA) is 110 Å². The second kappa shape index (κ2) is 11.1. The number of rotatable bonds is 4. The van der Waals surface area contributed by atoms with E-state index in [9.17, 15) is 9.59 Å². The number of nitrogens with zero attached hydrogens (tertiary/aromatic N) is 4. The number of amides is 2. The van der Waals surface area contributed by atoms with Gasteiger partial charge in [0.15, 0.2) is 0 Å². The number of aromatic nitrogens is 4. The molecule has 4 aromatic rings. The van der Waals surface area contributed by atoms with Gasteiger partial charge in [-0.3, -0.25) is 19.6 Å². The molecule has 0 unspecified atom stereocenters. The largest absolute Gasteiger partial charge is 0.321 e. The lowest BCUT2D eigenvalue weighted by atomic mass is 10.2. The molecule has 2 aromatic heterocycles. The highest BCUT2D eigenvalue weighted by Crippen LogP contribution is 2.11. The number of nitrogens with one attached hydrogen (secondary N) is 2. The first-order valence-corrected chi connectivity index (χ1v) is 9.79. The number of benzene rings is 2. The van der Waals surface area contributed by atoms with Crippen LogP contribution in [0.1, 0.15) is 32.1 Å². The molecule has 2 N–H and O–H groups in total. The smallest absolute Gasteiger partial charge is 0.275 e. The van der Waals surface area contributed by atoms with Crippen LogP contribution in [0, 0.1) is 13.8 Å². The van der Waals surface area contributed by atoms with Crippen molar-refractivity contribution in [3.8, 4) is 0 Å². The lowest BCUT2D eigenvalue weighted by Gasteiger charge is -2.04. The van der Waals surface area contributed by atoms with Gasteiger partial charge < -0.3 is 10.6 Å². The fraction of sp³-hybridized carbons (Fsp3) is 0.0833. The van der Waals surface area contributed by atoms with Crippen LogP contribution in [-0.2, 0) is 0 Å². The molecule has 0 fully saturated rings. The van der Waals surface area contributed by atoms with Crippen LogP contribution in [-0.4, -0.2) is 31.8 Å². The first-order valence-electron chi connectivity index (χ1n) is 9.79. The molecule has 0 atom stereocenters. The SMILES string of the molecule is Cc1cccc(NC(=O)c2cnccn2)c1.Cc1cccc(NC(=O)c2cnccn2)c1. The summed E-state index contributed by atoms with van der Waals surface area (Å²) in [5, 5.41) is 5.52. The van der Waals surface area contributed by atoms with Crippen LogP contribution < -0.4 is 10.6 Å². The highest BCUT2D eigenvalue weighted by molar-refractivity contribution is 6.03. The zero-order valence-electron chi connectivity index (χ0n) is 17.7. The maximum Gasteiger partial charge on any atom is 0.275 e. The Labute approximate surface area is 185 Å². The number of carbonyl (C=O) groups excluding carboxylic acids is 2. The minimum atomic E-state index is -0.251. The van der Waals surface area contributed by atoms with Crippen LogP contribution in [0.5, 0.6) is 0 Å². The van der Waals surface area contributed by atoms with Gasteiger partial charge in [-0.05, 0) is 49.2 Å². The van der Waals surface area contributed by atoms with Crippen LogP contribution in [0.3, 0.4) is 0 Å². The molecule has 2 aromatic carbocycles. The van der Waals surface area contributed by atoms with Crippen molar-refractivity contribution in [3.05, 3.63) is 108 Å². The number of hydrogen-bond acceptors (Lipinski definition) is 6. The minimum Gasteiger partial charge on any atom is -0.321 e. The van der Waals surface area contributed by atoms with E-state index < -0.39 is 0 Å². The van der Waals surface area contributed by atoms with Crippen LogP contribution >= 0.6 is 0 Å². The number of anilines is 2.